The van der Waals surface area contributed by atoms with E-state index in [9.17, 15) is 15.3 Å². The number of allylic oxidation sites excluding steroid dienone is 6. The van der Waals surface area contributed by atoms with E-state index in [1.807, 2.05) is 32.1 Å². The summed E-state index contributed by atoms with van der Waals surface area (Å²) in [6.45, 7) is 10.3. The van der Waals surface area contributed by atoms with Crippen molar-refractivity contribution in [1.29, 1.82) is 0 Å². The maximum absolute atomic E-state index is 10.6. The van der Waals surface area contributed by atoms with Crippen molar-refractivity contribution in [2.75, 3.05) is 0 Å². The molecule has 0 fully saturated rings. The van der Waals surface area contributed by atoms with Crippen LogP contribution < -0.4 is 0 Å². The average Bonchev–Trinajstić information content (AvgIpc) is 3.15. The highest BCUT2D eigenvalue weighted by Gasteiger charge is 2.18. The number of hydrogen-bond donors (Lipinski definition) is 3. The highest BCUT2D eigenvalue weighted by Crippen LogP contribution is 2.39. The molecule has 2 aromatic carbocycles. The Kier molecular flexibility index (Phi) is 7.70. The SMILES string of the molecule is CC(C)=CCC/C(C)=C\Cc1c(O)ccc2cc(-c3cc(O)cc(O)c3CC=C(C)C)oc12. The van der Waals surface area contributed by atoms with Gasteiger partial charge in [-0.25, -0.2) is 0 Å². The first kappa shape index (κ1) is 24.2. The molecule has 0 aliphatic rings. The van der Waals surface area contributed by atoms with Crippen LogP contribution in [0.5, 0.6) is 17.2 Å². The minimum Gasteiger partial charge on any atom is -0.508 e. The van der Waals surface area contributed by atoms with Crippen molar-refractivity contribution in [2.24, 2.45) is 0 Å². The Hall–Kier alpha value is -3.40. The van der Waals surface area contributed by atoms with Crippen LogP contribution in [0.2, 0.25) is 0 Å². The highest BCUT2D eigenvalue weighted by molar-refractivity contribution is 5.88. The van der Waals surface area contributed by atoms with E-state index in [-0.39, 0.29) is 17.2 Å². The van der Waals surface area contributed by atoms with Gasteiger partial charge in [0.15, 0.2) is 0 Å². The summed E-state index contributed by atoms with van der Waals surface area (Å²) in [4.78, 5) is 0. The van der Waals surface area contributed by atoms with Crippen LogP contribution in [0, 0.1) is 0 Å². The van der Waals surface area contributed by atoms with Gasteiger partial charge in [0.25, 0.3) is 0 Å². The van der Waals surface area contributed by atoms with Gasteiger partial charge in [0, 0.05) is 28.1 Å². The van der Waals surface area contributed by atoms with Crippen LogP contribution in [0.25, 0.3) is 22.3 Å². The lowest BCUT2D eigenvalue weighted by atomic mass is 9.99. The van der Waals surface area contributed by atoms with E-state index in [1.54, 1.807) is 12.1 Å². The zero-order valence-electron chi connectivity index (χ0n) is 20.2. The summed E-state index contributed by atoms with van der Waals surface area (Å²) in [5.41, 5.74) is 6.39. The average molecular weight is 447 g/mol. The van der Waals surface area contributed by atoms with Crippen LogP contribution in [-0.2, 0) is 12.8 Å². The molecule has 0 bridgehead atoms. The Labute approximate surface area is 196 Å². The van der Waals surface area contributed by atoms with Crippen LogP contribution in [0.3, 0.4) is 0 Å². The monoisotopic (exact) mass is 446 g/mol. The van der Waals surface area contributed by atoms with E-state index in [0.29, 0.717) is 35.3 Å². The van der Waals surface area contributed by atoms with E-state index in [4.69, 9.17) is 4.42 Å². The molecule has 0 unspecified atom stereocenters. The lowest BCUT2D eigenvalue weighted by molar-refractivity contribution is 0.446. The van der Waals surface area contributed by atoms with E-state index in [2.05, 4.69) is 32.9 Å². The van der Waals surface area contributed by atoms with Gasteiger partial charge in [-0.1, -0.05) is 34.9 Å². The molecular weight excluding hydrogens is 412 g/mol. The summed E-state index contributed by atoms with van der Waals surface area (Å²) in [5.74, 6) is 0.743. The van der Waals surface area contributed by atoms with Crippen molar-refractivity contribution in [3.05, 3.63) is 76.4 Å². The Bertz CT molecular complexity index is 1230. The van der Waals surface area contributed by atoms with E-state index in [0.717, 1.165) is 29.4 Å². The fourth-order valence-corrected chi connectivity index (χ4v) is 3.83. The van der Waals surface area contributed by atoms with Crippen LogP contribution in [0.4, 0.5) is 0 Å². The molecule has 33 heavy (non-hydrogen) atoms. The van der Waals surface area contributed by atoms with Gasteiger partial charge in [-0.15, -0.1) is 0 Å². The molecule has 3 rings (SSSR count). The van der Waals surface area contributed by atoms with Crippen LogP contribution in [-0.4, -0.2) is 15.3 Å². The summed E-state index contributed by atoms with van der Waals surface area (Å²) in [5, 5.41) is 32.0. The zero-order valence-corrected chi connectivity index (χ0v) is 20.2. The Morgan fingerprint density at radius 3 is 2.18 bits per heavy atom. The third-order valence-electron chi connectivity index (χ3n) is 5.70. The summed E-state index contributed by atoms with van der Waals surface area (Å²) in [7, 11) is 0. The van der Waals surface area contributed by atoms with Gasteiger partial charge in [-0.3, -0.25) is 0 Å². The quantitative estimate of drug-likeness (QED) is 0.307. The fourth-order valence-electron chi connectivity index (χ4n) is 3.83. The molecule has 1 aromatic heterocycles. The fraction of sp³-hybridized carbons (Fsp3) is 0.310. The van der Waals surface area contributed by atoms with Crippen molar-refractivity contribution in [2.45, 2.75) is 60.3 Å². The normalized spacial score (nSPS) is 11.6. The zero-order chi connectivity index (χ0) is 24.1. The predicted molar refractivity (Wildman–Crippen MR) is 136 cm³/mol. The van der Waals surface area contributed by atoms with Gasteiger partial charge >= 0.3 is 0 Å². The lowest BCUT2D eigenvalue weighted by Crippen LogP contribution is -1.89. The molecule has 0 spiro atoms. The molecule has 3 aromatic rings. The minimum atomic E-state index is -0.0260. The van der Waals surface area contributed by atoms with Crippen molar-refractivity contribution in [3.63, 3.8) is 0 Å². The van der Waals surface area contributed by atoms with Crippen molar-refractivity contribution in [1.82, 2.24) is 0 Å². The Morgan fingerprint density at radius 2 is 1.48 bits per heavy atom. The molecule has 3 N–H and O–H groups in total. The van der Waals surface area contributed by atoms with Gasteiger partial charge in [0.2, 0.25) is 0 Å². The molecule has 174 valence electrons. The minimum absolute atomic E-state index is 0.0260. The number of hydrogen-bond acceptors (Lipinski definition) is 4. The van der Waals surface area contributed by atoms with Gasteiger partial charge in [0.05, 0.1) is 0 Å². The van der Waals surface area contributed by atoms with Crippen molar-refractivity contribution >= 4 is 11.0 Å². The smallest absolute Gasteiger partial charge is 0.142 e. The Balaban J connectivity index is 2.01. The van der Waals surface area contributed by atoms with Gasteiger partial charge < -0.3 is 19.7 Å². The van der Waals surface area contributed by atoms with Crippen LogP contribution in [0.15, 0.2) is 69.7 Å². The topological polar surface area (TPSA) is 73.8 Å². The number of aromatic hydroxyl groups is 3. The summed E-state index contributed by atoms with van der Waals surface area (Å²) < 4.78 is 6.23. The van der Waals surface area contributed by atoms with E-state index in [1.165, 1.54) is 17.2 Å². The van der Waals surface area contributed by atoms with Crippen LogP contribution in [0.1, 0.15) is 58.6 Å². The molecule has 1 heterocycles. The molecule has 0 aliphatic heterocycles. The number of fused-ring (bicyclic) bond motifs is 1. The lowest BCUT2D eigenvalue weighted by Gasteiger charge is -2.09. The maximum Gasteiger partial charge on any atom is 0.142 e. The number of phenols is 3. The standard InChI is InChI=1S/C29H34O4/c1-18(2)7-6-8-20(5)10-13-24-26(31)14-11-21-15-28(33-29(21)24)25-16-22(30)17-27(32)23(25)12-9-19(3)4/h7,9-11,14-17,30-32H,6,8,12-13H2,1-5H3/b20-10-. The highest BCUT2D eigenvalue weighted by atomic mass is 16.3. The summed E-state index contributed by atoms with van der Waals surface area (Å²) >= 11 is 0. The van der Waals surface area contributed by atoms with Crippen molar-refractivity contribution in [3.8, 4) is 28.6 Å². The molecule has 0 saturated carbocycles. The number of rotatable bonds is 8. The number of furan rings is 1. The first-order chi connectivity index (χ1) is 15.7. The van der Waals surface area contributed by atoms with Crippen molar-refractivity contribution < 1.29 is 19.7 Å². The maximum atomic E-state index is 10.6. The van der Waals surface area contributed by atoms with Gasteiger partial charge in [-0.2, -0.15) is 0 Å². The predicted octanol–water partition coefficient (Wildman–Crippen LogP) is 7.96. The second kappa shape index (κ2) is 10.5. The molecule has 4 heteroatoms. The molecular formula is C29H34O4. The molecule has 0 atom stereocenters. The van der Waals surface area contributed by atoms with Crippen LogP contribution >= 0.6 is 0 Å². The third kappa shape index (κ3) is 6.10. The van der Waals surface area contributed by atoms with E-state index < -0.39 is 0 Å². The summed E-state index contributed by atoms with van der Waals surface area (Å²) in [6, 6.07) is 8.36. The Morgan fingerprint density at radius 1 is 0.788 bits per heavy atom. The first-order valence-corrected chi connectivity index (χ1v) is 11.4. The molecule has 4 nitrogen and oxygen atoms in total. The molecule has 0 saturated heterocycles. The molecule has 0 radical (unpaired) electrons. The molecule has 0 aliphatic carbocycles. The van der Waals surface area contributed by atoms with E-state index >= 15 is 0 Å². The van der Waals surface area contributed by atoms with Gasteiger partial charge in [0.1, 0.15) is 28.6 Å². The van der Waals surface area contributed by atoms with Gasteiger partial charge in [-0.05, 0) is 84.6 Å². The second-order valence-corrected chi connectivity index (χ2v) is 9.14. The largest absolute Gasteiger partial charge is 0.508 e. The summed E-state index contributed by atoms with van der Waals surface area (Å²) in [6.07, 6.45) is 9.45. The third-order valence-corrected chi connectivity index (χ3v) is 5.70. The number of phenolic OH excluding ortho intramolecular Hbond substituents is 3. The second-order valence-electron chi connectivity index (χ2n) is 9.14. The molecule has 0 amide bonds. The number of benzene rings is 2. The first-order valence-electron chi connectivity index (χ1n) is 11.4.